The molecule has 3 heterocycles. The fourth-order valence-corrected chi connectivity index (χ4v) is 5.09. The molecule has 6 rings (SSSR count). The number of aromatic amines is 2. The molecule has 1 aliphatic rings. The summed E-state index contributed by atoms with van der Waals surface area (Å²) >= 11 is 0. The summed E-state index contributed by atoms with van der Waals surface area (Å²) in [6, 6.07) is 25.0. The van der Waals surface area contributed by atoms with Gasteiger partial charge in [0, 0.05) is 77.5 Å². The van der Waals surface area contributed by atoms with Crippen molar-refractivity contribution in [2.24, 2.45) is 0 Å². The van der Waals surface area contributed by atoms with Gasteiger partial charge in [0.1, 0.15) is 5.69 Å². The van der Waals surface area contributed by atoms with Gasteiger partial charge in [-0.05, 0) is 84.9 Å². The Balaban J connectivity index is 1.18. The SMILES string of the molecule is O=C(c1ccc(NC(=O)c2ccc[nH]2)cc1)c1ccc(N(CCN2CCOCC2)C(=O)c2ccc3[nH]ccc3c2)cc1. The molecule has 1 saturated heterocycles. The number of amides is 2. The van der Waals surface area contributed by atoms with Crippen molar-refractivity contribution in [3.63, 3.8) is 0 Å². The summed E-state index contributed by atoms with van der Waals surface area (Å²) in [6.45, 7) is 4.27. The van der Waals surface area contributed by atoms with Gasteiger partial charge in [0.05, 0.1) is 13.2 Å². The summed E-state index contributed by atoms with van der Waals surface area (Å²) in [4.78, 5) is 49.4. The number of carbonyl (C=O) groups is 3. The molecule has 0 radical (unpaired) electrons. The van der Waals surface area contributed by atoms with E-state index in [1.54, 1.807) is 59.6 Å². The fourth-order valence-electron chi connectivity index (χ4n) is 5.09. The predicted molar refractivity (Wildman–Crippen MR) is 162 cm³/mol. The Morgan fingerprint density at radius 1 is 0.810 bits per heavy atom. The molecule has 1 fully saturated rings. The zero-order chi connectivity index (χ0) is 28.9. The number of benzene rings is 3. The Kier molecular flexibility index (Phi) is 7.94. The molecule has 0 unspecified atom stereocenters. The van der Waals surface area contributed by atoms with Crippen molar-refractivity contribution in [2.75, 3.05) is 49.6 Å². The lowest BCUT2D eigenvalue weighted by Gasteiger charge is -2.30. The molecule has 0 atom stereocenters. The number of rotatable bonds is 9. The number of ether oxygens (including phenoxy) is 1. The van der Waals surface area contributed by atoms with Crippen LogP contribution in [0.25, 0.3) is 10.9 Å². The first kappa shape index (κ1) is 27.2. The van der Waals surface area contributed by atoms with Crippen LogP contribution >= 0.6 is 0 Å². The summed E-state index contributed by atoms with van der Waals surface area (Å²) in [5.41, 5.74) is 4.36. The van der Waals surface area contributed by atoms with Gasteiger partial charge >= 0.3 is 0 Å². The third-order valence-electron chi connectivity index (χ3n) is 7.48. The average Bonchev–Trinajstić information content (AvgIpc) is 3.75. The topological polar surface area (TPSA) is 111 Å². The maximum absolute atomic E-state index is 13.8. The highest BCUT2D eigenvalue weighted by molar-refractivity contribution is 6.11. The molecule has 9 heteroatoms. The van der Waals surface area contributed by atoms with Gasteiger partial charge in [-0.25, -0.2) is 0 Å². The largest absolute Gasteiger partial charge is 0.379 e. The smallest absolute Gasteiger partial charge is 0.272 e. The van der Waals surface area contributed by atoms with Crippen LogP contribution < -0.4 is 10.2 Å². The molecule has 1 aliphatic heterocycles. The number of ketones is 1. The second kappa shape index (κ2) is 12.3. The lowest BCUT2D eigenvalue weighted by atomic mass is 10.0. The quantitative estimate of drug-likeness (QED) is 0.221. The number of nitrogens with zero attached hydrogens (tertiary/aromatic N) is 2. The molecule has 0 spiro atoms. The van der Waals surface area contributed by atoms with Gasteiger partial charge < -0.3 is 24.9 Å². The van der Waals surface area contributed by atoms with Crippen LogP contribution in [0.5, 0.6) is 0 Å². The van der Waals surface area contributed by atoms with Gasteiger partial charge in [0.2, 0.25) is 0 Å². The highest BCUT2D eigenvalue weighted by atomic mass is 16.5. The highest BCUT2D eigenvalue weighted by Crippen LogP contribution is 2.23. The molecule has 42 heavy (non-hydrogen) atoms. The molecule has 5 aromatic rings. The van der Waals surface area contributed by atoms with Crippen LogP contribution in [0.3, 0.4) is 0 Å². The van der Waals surface area contributed by atoms with Crippen molar-refractivity contribution in [3.05, 3.63) is 120 Å². The number of hydrogen-bond donors (Lipinski definition) is 3. The minimum absolute atomic E-state index is 0.0950. The van der Waals surface area contributed by atoms with E-state index < -0.39 is 0 Å². The molecule has 2 aromatic heterocycles. The Labute approximate surface area is 243 Å². The van der Waals surface area contributed by atoms with E-state index in [4.69, 9.17) is 4.74 Å². The van der Waals surface area contributed by atoms with Gasteiger partial charge in [-0.3, -0.25) is 19.3 Å². The normalized spacial score (nSPS) is 13.6. The summed E-state index contributed by atoms with van der Waals surface area (Å²) in [5.74, 6) is -0.495. The molecule has 212 valence electrons. The summed E-state index contributed by atoms with van der Waals surface area (Å²) in [5, 5.41) is 3.78. The Hall–Kier alpha value is -4.99. The number of hydrogen-bond acceptors (Lipinski definition) is 5. The number of nitrogens with one attached hydrogen (secondary N) is 3. The van der Waals surface area contributed by atoms with E-state index in [1.165, 1.54) is 0 Å². The van der Waals surface area contributed by atoms with Crippen LogP contribution in [-0.2, 0) is 4.74 Å². The molecule has 0 saturated carbocycles. The van der Waals surface area contributed by atoms with Gasteiger partial charge in [-0.2, -0.15) is 0 Å². The standard InChI is InChI=1S/C33H31N5O4/c39-31(23-3-8-27(9-4-23)36-32(40)30-2-1-14-34-30)24-5-10-28(11-6-24)38(17-16-37-18-20-42-21-19-37)33(41)26-7-12-29-25(22-26)13-15-35-29/h1-15,22,34-35H,16-21H2,(H,36,40). The van der Waals surface area contributed by atoms with Gasteiger partial charge in [-0.1, -0.05) is 0 Å². The van der Waals surface area contributed by atoms with Crippen LogP contribution in [0.4, 0.5) is 11.4 Å². The molecule has 2 amide bonds. The zero-order valence-corrected chi connectivity index (χ0v) is 23.0. The number of aromatic nitrogens is 2. The van der Waals surface area contributed by atoms with Crippen molar-refractivity contribution in [1.29, 1.82) is 0 Å². The van der Waals surface area contributed by atoms with Crippen molar-refractivity contribution >= 4 is 39.9 Å². The van der Waals surface area contributed by atoms with E-state index in [2.05, 4.69) is 20.2 Å². The molecule has 9 nitrogen and oxygen atoms in total. The number of anilines is 2. The second-order valence-corrected chi connectivity index (χ2v) is 10.2. The minimum Gasteiger partial charge on any atom is -0.379 e. The first-order valence-electron chi connectivity index (χ1n) is 13.9. The van der Waals surface area contributed by atoms with Crippen molar-refractivity contribution in [3.8, 4) is 0 Å². The maximum Gasteiger partial charge on any atom is 0.272 e. The molecular weight excluding hydrogens is 530 g/mol. The van der Waals surface area contributed by atoms with Crippen molar-refractivity contribution < 1.29 is 19.1 Å². The van der Waals surface area contributed by atoms with Crippen molar-refractivity contribution in [2.45, 2.75) is 0 Å². The van der Waals surface area contributed by atoms with Gasteiger partial charge in [0.25, 0.3) is 11.8 Å². The first-order valence-corrected chi connectivity index (χ1v) is 13.9. The third-order valence-corrected chi connectivity index (χ3v) is 7.48. The predicted octanol–water partition coefficient (Wildman–Crippen LogP) is 4.96. The molecule has 0 bridgehead atoms. The highest BCUT2D eigenvalue weighted by Gasteiger charge is 2.21. The molecule has 3 N–H and O–H groups in total. The van der Waals surface area contributed by atoms with Gasteiger partial charge in [0.15, 0.2) is 5.78 Å². The Morgan fingerprint density at radius 2 is 1.52 bits per heavy atom. The summed E-state index contributed by atoms with van der Waals surface area (Å²) in [6.07, 6.45) is 3.54. The first-order chi connectivity index (χ1) is 20.5. The fraction of sp³-hybridized carbons (Fsp3) is 0.182. The molecular formula is C33H31N5O4. The number of morpholine rings is 1. The molecule has 3 aromatic carbocycles. The second-order valence-electron chi connectivity index (χ2n) is 10.2. The Morgan fingerprint density at radius 3 is 2.24 bits per heavy atom. The monoisotopic (exact) mass is 561 g/mol. The van der Waals surface area contributed by atoms with Crippen LogP contribution in [0.2, 0.25) is 0 Å². The van der Waals surface area contributed by atoms with E-state index >= 15 is 0 Å². The average molecular weight is 562 g/mol. The zero-order valence-electron chi connectivity index (χ0n) is 23.0. The maximum atomic E-state index is 13.8. The van der Waals surface area contributed by atoms with E-state index in [0.717, 1.165) is 36.2 Å². The van der Waals surface area contributed by atoms with Crippen LogP contribution in [-0.4, -0.2) is 71.9 Å². The number of fused-ring (bicyclic) bond motifs is 1. The van der Waals surface area contributed by atoms with Gasteiger partial charge in [-0.15, -0.1) is 0 Å². The van der Waals surface area contributed by atoms with Crippen molar-refractivity contribution in [1.82, 2.24) is 14.9 Å². The van der Waals surface area contributed by atoms with E-state index in [1.807, 2.05) is 42.6 Å². The minimum atomic E-state index is -0.254. The number of carbonyl (C=O) groups excluding carboxylic acids is 3. The Bertz CT molecular complexity index is 1680. The van der Waals surface area contributed by atoms with Crippen LogP contribution in [0.1, 0.15) is 36.8 Å². The van der Waals surface area contributed by atoms with E-state index in [-0.39, 0.29) is 17.6 Å². The van der Waals surface area contributed by atoms with E-state index in [0.29, 0.717) is 47.8 Å². The van der Waals surface area contributed by atoms with Crippen LogP contribution in [0, 0.1) is 0 Å². The van der Waals surface area contributed by atoms with E-state index in [9.17, 15) is 14.4 Å². The molecule has 0 aliphatic carbocycles. The summed E-state index contributed by atoms with van der Waals surface area (Å²) in [7, 11) is 0. The third kappa shape index (κ3) is 6.02. The van der Waals surface area contributed by atoms with Crippen LogP contribution in [0.15, 0.2) is 97.3 Å². The lowest BCUT2D eigenvalue weighted by Crippen LogP contribution is -2.43. The number of H-pyrrole nitrogens is 2. The summed E-state index contributed by atoms with van der Waals surface area (Å²) < 4.78 is 5.47. The lowest BCUT2D eigenvalue weighted by molar-refractivity contribution is 0.0391.